The van der Waals surface area contributed by atoms with Gasteiger partial charge in [-0.05, 0) is 6.07 Å². The highest BCUT2D eigenvalue weighted by Crippen LogP contribution is 2.32. The van der Waals surface area contributed by atoms with E-state index >= 15 is 0 Å². The summed E-state index contributed by atoms with van der Waals surface area (Å²) in [5, 5.41) is 15.9. The first-order valence-electron chi connectivity index (χ1n) is 5.67. The van der Waals surface area contributed by atoms with Crippen molar-refractivity contribution in [1.82, 2.24) is 4.98 Å². The summed E-state index contributed by atoms with van der Waals surface area (Å²) in [6.45, 7) is 0.0834. The molecule has 1 unspecified atom stereocenters. The number of aromatic nitrogens is 1. The third kappa shape index (κ3) is 3.08. The number of sulfonamides is 1. The lowest BCUT2D eigenvalue weighted by Gasteiger charge is -2.16. The molecule has 1 aromatic rings. The Morgan fingerprint density at radius 3 is 2.85 bits per heavy atom. The molecule has 1 aliphatic heterocycles. The van der Waals surface area contributed by atoms with Crippen LogP contribution in [-0.2, 0) is 14.8 Å². The number of rotatable bonds is 4. The Bertz CT molecular complexity index is 659. The SMILES string of the molecule is NS(=O)(=O)CC1CC(=O)N(c2ccncc2[N+](=O)[O-])C1. The number of nitrogens with two attached hydrogens (primary N) is 1. The molecule has 9 nitrogen and oxygen atoms in total. The highest BCUT2D eigenvalue weighted by molar-refractivity contribution is 7.89. The highest BCUT2D eigenvalue weighted by atomic mass is 32.2. The van der Waals surface area contributed by atoms with Crippen LogP contribution in [0.25, 0.3) is 0 Å². The lowest BCUT2D eigenvalue weighted by Crippen LogP contribution is -2.28. The summed E-state index contributed by atoms with van der Waals surface area (Å²) in [5.74, 6) is -1.16. The average Bonchev–Trinajstić information content (AvgIpc) is 2.67. The Kier molecular flexibility index (Phi) is 3.68. The quantitative estimate of drug-likeness (QED) is 0.595. The number of hydrogen-bond acceptors (Lipinski definition) is 6. The molecular formula is C10H12N4O5S. The summed E-state index contributed by atoms with van der Waals surface area (Å²) in [5.41, 5.74) is -0.177. The molecular weight excluding hydrogens is 288 g/mol. The largest absolute Gasteiger partial charge is 0.311 e. The van der Waals surface area contributed by atoms with Crippen LogP contribution in [0.5, 0.6) is 0 Å². The topological polar surface area (TPSA) is 136 Å². The molecule has 0 bridgehead atoms. The zero-order chi connectivity index (χ0) is 14.9. The number of carbonyl (C=O) groups excluding carboxylic acids is 1. The van der Waals surface area contributed by atoms with Gasteiger partial charge in [-0.25, -0.2) is 13.6 Å². The first kappa shape index (κ1) is 14.3. The van der Waals surface area contributed by atoms with Crippen molar-refractivity contribution in [2.45, 2.75) is 6.42 Å². The summed E-state index contributed by atoms with van der Waals surface area (Å²) in [7, 11) is -3.69. The molecule has 1 aromatic heterocycles. The number of amides is 1. The Hall–Kier alpha value is -2.07. The van der Waals surface area contributed by atoms with Gasteiger partial charge in [0.05, 0.1) is 10.7 Å². The molecule has 10 heteroatoms. The van der Waals surface area contributed by atoms with E-state index in [2.05, 4.69) is 4.98 Å². The van der Waals surface area contributed by atoms with E-state index in [1.54, 1.807) is 0 Å². The molecule has 0 radical (unpaired) electrons. The zero-order valence-corrected chi connectivity index (χ0v) is 11.1. The van der Waals surface area contributed by atoms with Crippen LogP contribution in [0.1, 0.15) is 6.42 Å². The van der Waals surface area contributed by atoms with Crippen LogP contribution in [0.2, 0.25) is 0 Å². The second-order valence-electron chi connectivity index (χ2n) is 4.53. The van der Waals surface area contributed by atoms with Crippen molar-refractivity contribution in [2.75, 3.05) is 17.2 Å². The Morgan fingerprint density at radius 2 is 2.25 bits per heavy atom. The second kappa shape index (κ2) is 5.13. The molecule has 0 aromatic carbocycles. The lowest BCUT2D eigenvalue weighted by atomic mass is 10.1. The molecule has 1 saturated heterocycles. The Morgan fingerprint density at radius 1 is 1.55 bits per heavy atom. The molecule has 1 aliphatic rings. The minimum atomic E-state index is -3.69. The molecule has 0 saturated carbocycles. The van der Waals surface area contributed by atoms with Gasteiger partial charge in [-0.15, -0.1) is 0 Å². The van der Waals surface area contributed by atoms with Gasteiger partial charge in [0.15, 0.2) is 0 Å². The van der Waals surface area contributed by atoms with Crippen LogP contribution in [0.4, 0.5) is 11.4 Å². The van der Waals surface area contributed by atoms with E-state index < -0.39 is 20.9 Å². The van der Waals surface area contributed by atoms with Gasteiger partial charge >= 0.3 is 5.69 Å². The smallest absolute Gasteiger partial charge is 0.306 e. The number of hydrogen-bond donors (Lipinski definition) is 1. The molecule has 2 N–H and O–H groups in total. The molecule has 1 amide bonds. The fourth-order valence-corrected chi connectivity index (χ4v) is 3.08. The predicted molar refractivity (Wildman–Crippen MR) is 69.3 cm³/mol. The number of pyridine rings is 1. The van der Waals surface area contributed by atoms with Gasteiger partial charge in [0.1, 0.15) is 11.9 Å². The fourth-order valence-electron chi connectivity index (χ4n) is 2.20. The molecule has 1 fully saturated rings. The van der Waals surface area contributed by atoms with E-state index in [-0.39, 0.29) is 36.0 Å². The zero-order valence-electron chi connectivity index (χ0n) is 10.3. The summed E-state index contributed by atoms with van der Waals surface area (Å²) >= 11 is 0. The number of primary sulfonamides is 1. The Labute approximate surface area is 114 Å². The van der Waals surface area contributed by atoms with Gasteiger partial charge in [0.25, 0.3) is 0 Å². The average molecular weight is 300 g/mol. The van der Waals surface area contributed by atoms with Gasteiger partial charge in [0, 0.05) is 25.1 Å². The van der Waals surface area contributed by atoms with Gasteiger partial charge in [-0.3, -0.25) is 19.9 Å². The van der Waals surface area contributed by atoms with Crippen LogP contribution in [0, 0.1) is 16.0 Å². The first-order chi connectivity index (χ1) is 9.28. The summed E-state index contributed by atoms with van der Waals surface area (Å²) in [4.78, 5) is 27.0. The fraction of sp³-hybridized carbons (Fsp3) is 0.400. The van der Waals surface area contributed by atoms with E-state index in [4.69, 9.17) is 5.14 Å². The standard InChI is InChI=1S/C10H12N4O5S/c11-20(18,19)6-7-3-10(15)13(5-7)8-1-2-12-4-9(8)14(16)17/h1-2,4,7H,3,5-6H2,(H2,11,18,19). The van der Waals surface area contributed by atoms with Crippen molar-refractivity contribution in [2.24, 2.45) is 11.1 Å². The predicted octanol–water partition coefficient (Wildman–Crippen LogP) is -0.369. The van der Waals surface area contributed by atoms with E-state index in [0.29, 0.717) is 0 Å². The maximum Gasteiger partial charge on any atom is 0.311 e. The molecule has 2 rings (SSSR count). The number of carbonyl (C=O) groups is 1. The van der Waals surface area contributed by atoms with Crippen LogP contribution < -0.4 is 10.0 Å². The highest BCUT2D eigenvalue weighted by Gasteiger charge is 2.35. The van der Waals surface area contributed by atoms with Crippen LogP contribution >= 0.6 is 0 Å². The molecule has 108 valence electrons. The monoisotopic (exact) mass is 300 g/mol. The normalized spacial score (nSPS) is 19.4. The number of nitro groups is 1. The Balaban J connectivity index is 2.27. The van der Waals surface area contributed by atoms with E-state index in [1.807, 2.05) is 0 Å². The molecule has 1 atom stereocenters. The molecule has 2 heterocycles. The maximum atomic E-state index is 11.9. The maximum absolute atomic E-state index is 11.9. The van der Waals surface area contributed by atoms with Crippen molar-refractivity contribution in [3.05, 3.63) is 28.6 Å². The van der Waals surface area contributed by atoms with Crippen LogP contribution in [0.3, 0.4) is 0 Å². The number of anilines is 1. The summed E-state index contributed by atoms with van der Waals surface area (Å²) in [6.07, 6.45) is 2.38. The van der Waals surface area contributed by atoms with Gasteiger partial charge in [-0.1, -0.05) is 0 Å². The van der Waals surface area contributed by atoms with Crippen molar-refractivity contribution < 1.29 is 18.1 Å². The van der Waals surface area contributed by atoms with E-state index in [1.165, 1.54) is 17.2 Å². The number of nitrogens with zero attached hydrogens (tertiary/aromatic N) is 3. The minimum absolute atomic E-state index is 0.00406. The van der Waals surface area contributed by atoms with Gasteiger partial charge < -0.3 is 4.90 Å². The van der Waals surface area contributed by atoms with Crippen molar-refractivity contribution in [3.8, 4) is 0 Å². The van der Waals surface area contributed by atoms with Crippen molar-refractivity contribution >= 4 is 27.3 Å². The van der Waals surface area contributed by atoms with Crippen LogP contribution in [0.15, 0.2) is 18.5 Å². The van der Waals surface area contributed by atoms with Crippen molar-refractivity contribution in [1.29, 1.82) is 0 Å². The van der Waals surface area contributed by atoms with Crippen LogP contribution in [-0.4, -0.2) is 36.5 Å². The third-order valence-corrected chi connectivity index (χ3v) is 3.87. The van der Waals surface area contributed by atoms with Gasteiger partial charge in [-0.2, -0.15) is 0 Å². The van der Waals surface area contributed by atoms with E-state index in [0.717, 1.165) is 6.20 Å². The van der Waals surface area contributed by atoms with E-state index in [9.17, 15) is 23.3 Å². The van der Waals surface area contributed by atoms with Crippen molar-refractivity contribution in [3.63, 3.8) is 0 Å². The lowest BCUT2D eigenvalue weighted by molar-refractivity contribution is -0.384. The first-order valence-corrected chi connectivity index (χ1v) is 7.38. The third-order valence-electron chi connectivity index (χ3n) is 2.94. The second-order valence-corrected chi connectivity index (χ2v) is 6.18. The van der Waals surface area contributed by atoms with Gasteiger partial charge in [0.2, 0.25) is 15.9 Å². The summed E-state index contributed by atoms with van der Waals surface area (Å²) in [6, 6.07) is 1.36. The minimum Gasteiger partial charge on any atom is -0.306 e. The molecule has 20 heavy (non-hydrogen) atoms. The molecule has 0 aliphatic carbocycles. The molecule has 0 spiro atoms. The summed E-state index contributed by atoms with van der Waals surface area (Å²) < 4.78 is 22.1.